The van der Waals surface area contributed by atoms with Gasteiger partial charge in [0.05, 0.1) is 6.61 Å². The molecule has 3 aromatic rings. The summed E-state index contributed by atoms with van der Waals surface area (Å²) in [6.45, 7) is 0.423. The van der Waals surface area contributed by atoms with Crippen molar-refractivity contribution in [3.63, 3.8) is 0 Å². The third kappa shape index (κ3) is 4.40. The lowest BCUT2D eigenvalue weighted by Gasteiger charge is -2.38. The van der Waals surface area contributed by atoms with E-state index in [1.807, 2.05) is 54.6 Å². The van der Waals surface area contributed by atoms with Gasteiger partial charge in [-0.15, -0.1) is 0 Å². The van der Waals surface area contributed by atoms with Gasteiger partial charge in [-0.2, -0.15) is 0 Å². The average Bonchev–Trinajstić information content (AvgIpc) is 2.77. The summed E-state index contributed by atoms with van der Waals surface area (Å²) in [7, 11) is 0. The molecule has 3 aromatic carbocycles. The normalized spacial score (nSPS) is 18.7. The van der Waals surface area contributed by atoms with Gasteiger partial charge in [0.25, 0.3) is 0 Å². The van der Waals surface area contributed by atoms with Gasteiger partial charge in [-0.3, -0.25) is 4.79 Å². The summed E-state index contributed by atoms with van der Waals surface area (Å²) >= 11 is 0. The minimum Gasteiger partial charge on any atom is -0.508 e. The van der Waals surface area contributed by atoms with Crippen LogP contribution in [0, 0.1) is 0 Å². The molecule has 0 saturated heterocycles. The maximum absolute atomic E-state index is 11.4. The van der Waals surface area contributed by atoms with Crippen molar-refractivity contribution in [2.45, 2.75) is 30.8 Å². The van der Waals surface area contributed by atoms with E-state index in [2.05, 4.69) is 12.1 Å². The van der Waals surface area contributed by atoms with Gasteiger partial charge in [-0.05, 0) is 30.2 Å². The molecule has 1 aliphatic heterocycles. The number of carboxylic acids is 1. The third-order valence-electron chi connectivity index (χ3n) is 5.51. The zero-order valence-electron chi connectivity index (χ0n) is 16.5. The van der Waals surface area contributed by atoms with Gasteiger partial charge in [0.2, 0.25) is 0 Å². The Morgan fingerprint density at radius 3 is 2.43 bits per heavy atom. The van der Waals surface area contributed by atoms with Crippen LogP contribution in [0.2, 0.25) is 0 Å². The molecular weight excluding hydrogens is 380 g/mol. The van der Waals surface area contributed by atoms with Crippen LogP contribution >= 0.6 is 0 Å². The Morgan fingerprint density at radius 1 is 1.03 bits per heavy atom. The smallest absolute Gasteiger partial charge is 0.303 e. The van der Waals surface area contributed by atoms with Crippen LogP contribution in [0.5, 0.6) is 17.2 Å². The predicted octanol–water partition coefficient (Wildman–Crippen LogP) is 4.96. The number of aliphatic carboxylic acids is 1. The Kier molecular flexibility index (Phi) is 5.89. The Hall–Kier alpha value is -3.47. The number of aromatic hydroxyl groups is 1. The number of benzene rings is 3. The van der Waals surface area contributed by atoms with Crippen molar-refractivity contribution in [3.05, 3.63) is 90.0 Å². The molecule has 1 heterocycles. The first-order chi connectivity index (χ1) is 14.6. The summed E-state index contributed by atoms with van der Waals surface area (Å²) in [5.74, 6) is 0.459. The molecule has 5 nitrogen and oxygen atoms in total. The first-order valence-electron chi connectivity index (χ1n) is 10.1. The fourth-order valence-corrected chi connectivity index (χ4v) is 4.14. The second-order valence-corrected chi connectivity index (χ2v) is 7.48. The van der Waals surface area contributed by atoms with E-state index in [9.17, 15) is 15.0 Å². The molecule has 0 aromatic heterocycles. The van der Waals surface area contributed by atoms with Gasteiger partial charge in [-0.1, -0.05) is 54.6 Å². The second-order valence-electron chi connectivity index (χ2n) is 7.48. The standard InChI is InChI=1S/C25H24O5/c26-18-11-12-20-23(15-18)29-16-21(17-7-3-1-4-8-17)25(20)22(13-14-24(27)28)30-19-9-5-2-6-10-19/h1-12,15,21-22,25-26H,13-14,16H2,(H,27,28). The molecular formula is C25H24O5. The number of hydrogen-bond donors (Lipinski definition) is 2. The van der Waals surface area contributed by atoms with Crippen molar-refractivity contribution in [3.8, 4) is 17.2 Å². The zero-order chi connectivity index (χ0) is 20.9. The maximum Gasteiger partial charge on any atom is 0.303 e. The van der Waals surface area contributed by atoms with Crippen molar-refractivity contribution in [2.24, 2.45) is 0 Å². The Labute approximate surface area is 175 Å². The fraction of sp³-hybridized carbons (Fsp3) is 0.240. The molecule has 154 valence electrons. The summed E-state index contributed by atoms with van der Waals surface area (Å²) < 4.78 is 12.4. The van der Waals surface area contributed by atoms with Crippen molar-refractivity contribution >= 4 is 5.97 Å². The van der Waals surface area contributed by atoms with Crippen molar-refractivity contribution in [2.75, 3.05) is 6.61 Å². The maximum atomic E-state index is 11.4. The lowest BCUT2D eigenvalue weighted by molar-refractivity contribution is -0.137. The lowest BCUT2D eigenvalue weighted by Crippen LogP contribution is -2.36. The number of para-hydroxylation sites is 1. The predicted molar refractivity (Wildman–Crippen MR) is 113 cm³/mol. The molecule has 0 spiro atoms. The highest BCUT2D eigenvalue weighted by atomic mass is 16.5. The lowest BCUT2D eigenvalue weighted by atomic mass is 9.75. The number of hydrogen-bond acceptors (Lipinski definition) is 4. The quantitative estimate of drug-likeness (QED) is 0.582. The molecule has 0 bridgehead atoms. The van der Waals surface area contributed by atoms with Crippen LogP contribution in [0.25, 0.3) is 0 Å². The molecule has 0 saturated carbocycles. The summed E-state index contributed by atoms with van der Waals surface area (Å²) in [6, 6.07) is 24.6. The van der Waals surface area contributed by atoms with Gasteiger partial charge in [0.15, 0.2) is 0 Å². The fourth-order valence-electron chi connectivity index (χ4n) is 4.14. The Morgan fingerprint density at radius 2 is 1.73 bits per heavy atom. The highest BCUT2D eigenvalue weighted by Gasteiger charge is 2.39. The number of phenolic OH excluding ortho intramolecular Hbond substituents is 1. The summed E-state index contributed by atoms with van der Waals surface area (Å²) in [4.78, 5) is 11.4. The van der Waals surface area contributed by atoms with E-state index < -0.39 is 5.97 Å². The van der Waals surface area contributed by atoms with E-state index in [0.717, 1.165) is 11.1 Å². The van der Waals surface area contributed by atoms with E-state index in [-0.39, 0.29) is 30.1 Å². The van der Waals surface area contributed by atoms with E-state index >= 15 is 0 Å². The topological polar surface area (TPSA) is 76.0 Å². The molecule has 3 unspecified atom stereocenters. The van der Waals surface area contributed by atoms with E-state index in [1.54, 1.807) is 12.1 Å². The van der Waals surface area contributed by atoms with Crippen LogP contribution in [0.1, 0.15) is 35.8 Å². The monoisotopic (exact) mass is 404 g/mol. The number of fused-ring (bicyclic) bond motifs is 1. The van der Waals surface area contributed by atoms with Gasteiger partial charge in [0, 0.05) is 29.9 Å². The van der Waals surface area contributed by atoms with E-state index in [1.165, 1.54) is 0 Å². The number of carbonyl (C=O) groups is 1. The number of ether oxygens (including phenoxy) is 2. The van der Waals surface area contributed by atoms with Gasteiger partial charge in [0.1, 0.15) is 23.4 Å². The van der Waals surface area contributed by atoms with Crippen LogP contribution in [0.15, 0.2) is 78.9 Å². The molecule has 0 fully saturated rings. The highest BCUT2D eigenvalue weighted by Crippen LogP contribution is 2.46. The van der Waals surface area contributed by atoms with Gasteiger partial charge in [-0.25, -0.2) is 0 Å². The van der Waals surface area contributed by atoms with Crippen LogP contribution in [-0.4, -0.2) is 28.9 Å². The van der Waals surface area contributed by atoms with Crippen molar-refractivity contribution < 1.29 is 24.5 Å². The summed E-state index contributed by atoms with van der Waals surface area (Å²) in [5, 5.41) is 19.2. The van der Waals surface area contributed by atoms with Crippen LogP contribution in [0.3, 0.4) is 0 Å². The second kappa shape index (κ2) is 8.91. The number of rotatable bonds is 7. The van der Waals surface area contributed by atoms with Gasteiger partial charge >= 0.3 is 5.97 Å². The molecule has 4 rings (SSSR count). The molecule has 5 heteroatoms. The molecule has 0 radical (unpaired) electrons. The first kappa shape index (κ1) is 19.8. The molecule has 1 aliphatic rings. The van der Waals surface area contributed by atoms with E-state index in [4.69, 9.17) is 9.47 Å². The minimum atomic E-state index is -0.856. The molecule has 0 amide bonds. The summed E-state index contributed by atoms with van der Waals surface area (Å²) in [6.07, 6.45) is -0.0107. The molecule has 0 aliphatic carbocycles. The van der Waals surface area contributed by atoms with Crippen LogP contribution in [0.4, 0.5) is 0 Å². The van der Waals surface area contributed by atoms with Crippen molar-refractivity contribution in [1.82, 2.24) is 0 Å². The SMILES string of the molecule is O=C(O)CCC(Oc1ccccc1)C1c2ccc(O)cc2OCC1c1ccccc1. The van der Waals surface area contributed by atoms with Crippen molar-refractivity contribution in [1.29, 1.82) is 0 Å². The minimum absolute atomic E-state index is 0.00375. The van der Waals surface area contributed by atoms with E-state index in [0.29, 0.717) is 24.5 Å². The number of phenols is 1. The number of carboxylic acid groups (broad SMARTS) is 1. The van der Waals surface area contributed by atoms with Crippen LogP contribution in [-0.2, 0) is 4.79 Å². The zero-order valence-corrected chi connectivity index (χ0v) is 16.5. The average molecular weight is 404 g/mol. The summed E-state index contributed by atoms with van der Waals surface area (Å²) in [5.41, 5.74) is 2.03. The first-order valence-corrected chi connectivity index (χ1v) is 10.1. The van der Waals surface area contributed by atoms with Gasteiger partial charge < -0.3 is 19.7 Å². The largest absolute Gasteiger partial charge is 0.508 e. The highest BCUT2D eigenvalue weighted by molar-refractivity contribution is 5.66. The molecule has 3 atom stereocenters. The Bertz CT molecular complexity index is 987. The molecule has 2 N–H and O–H groups in total. The Balaban J connectivity index is 1.77. The third-order valence-corrected chi connectivity index (χ3v) is 5.51. The molecule has 30 heavy (non-hydrogen) atoms. The van der Waals surface area contributed by atoms with Crippen LogP contribution < -0.4 is 9.47 Å².